The van der Waals surface area contributed by atoms with Gasteiger partial charge in [-0.05, 0) is 28.7 Å². The summed E-state index contributed by atoms with van der Waals surface area (Å²) in [6, 6.07) is 15.2. The standard InChI is InChI=1S/C39H55N9O10/c40-23-29-3-1-28(2-4-29)9-10-32(49)45-15-17-46(18-16-45)33(50)11-13-42-35(52)38(55)26-58-39(56,27-57-38)36(53)43-14-12-34(51)47-19-21-48(22-20-47)37(54)44-25-31-7-5-30(24-41)6-8-31/h1-8,55-56H,9-27,40-41H2,(H,42,52)(H,43,53)(H,44,54)/t38-,39-/m1/s1. The third-order valence-electron chi connectivity index (χ3n) is 10.5. The molecule has 3 heterocycles. The third kappa shape index (κ3) is 11.9. The molecule has 0 aliphatic carbocycles. The van der Waals surface area contributed by atoms with Crippen molar-refractivity contribution in [2.24, 2.45) is 11.5 Å². The van der Waals surface area contributed by atoms with E-state index in [1.165, 1.54) is 0 Å². The molecule has 0 radical (unpaired) electrons. The Bertz CT molecular complexity index is 1610. The number of aliphatic hydroxyl groups is 2. The summed E-state index contributed by atoms with van der Waals surface area (Å²) in [5.74, 6) is -7.58. The smallest absolute Gasteiger partial charge is 0.317 e. The Hall–Kier alpha value is -5.18. The Labute approximate surface area is 336 Å². The van der Waals surface area contributed by atoms with Crippen LogP contribution in [-0.4, -0.2) is 156 Å². The topological polar surface area (TPSA) is 262 Å². The highest BCUT2D eigenvalue weighted by Crippen LogP contribution is 2.23. The lowest BCUT2D eigenvalue weighted by molar-refractivity contribution is -0.338. The van der Waals surface area contributed by atoms with Crippen molar-refractivity contribution in [1.82, 2.24) is 35.6 Å². The number of carbonyl (C=O) groups excluding carboxylic acids is 6. The number of carbonyl (C=O) groups is 6. The number of nitrogens with two attached hydrogens (primary N) is 2. The summed E-state index contributed by atoms with van der Waals surface area (Å²) in [5.41, 5.74) is 15.3. The minimum Gasteiger partial charge on any atom is -0.356 e. The molecule has 3 fully saturated rings. The maximum Gasteiger partial charge on any atom is 0.317 e. The zero-order valence-corrected chi connectivity index (χ0v) is 32.7. The van der Waals surface area contributed by atoms with Gasteiger partial charge in [-0.3, -0.25) is 24.0 Å². The number of hydrogen-bond donors (Lipinski definition) is 7. The number of benzene rings is 2. The second kappa shape index (κ2) is 20.5. The van der Waals surface area contributed by atoms with Crippen LogP contribution in [0.3, 0.4) is 0 Å². The molecule has 2 atom stereocenters. The van der Waals surface area contributed by atoms with Gasteiger partial charge in [0.2, 0.25) is 17.7 Å². The van der Waals surface area contributed by atoms with Crippen molar-refractivity contribution in [3.8, 4) is 0 Å². The van der Waals surface area contributed by atoms with E-state index in [1.807, 2.05) is 48.5 Å². The Morgan fingerprint density at radius 3 is 1.29 bits per heavy atom. The zero-order valence-electron chi connectivity index (χ0n) is 32.7. The Kier molecular flexibility index (Phi) is 15.5. The fourth-order valence-electron chi connectivity index (χ4n) is 6.64. The summed E-state index contributed by atoms with van der Waals surface area (Å²) in [7, 11) is 0. The summed E-state index contributed by atoms with van der Waals surface area (Å²) in [6.45, 7) is 2.01. The number of piperazine rings is 2. The number of amides is 7. The lowest BCUT2D eigenvalue weighted by Crippen LogP contribution is -2.64. The molecule has 0 bridgehead atoms. The fraction of sp³-hybridized carbons (Fsp3) is 0.538. The SMILES string of the molecule is NCc1ccc(CCC(=O)N2CCN(C(=O)CCNC(=O)[C@@]3(O)CO[C@@](O)(C(=O)NCCC(=O)N4CCN(C(=O)NCc5ccc(CN)cc5)CC4)CO3)CC2)cc1. The summed E-state index contributed by atoms with van der Waals surface area (Å²) >= 11 is 0. The van der Waals surface area contributed by atoms with Crippen LogP contribution < -0.4 is 27.4 Å². The normalized spacial score (nSPS) is 21.0. The number of urea groups is 1. The molecular formula is C39H55N9O10. The van der Waals surface area contributed by atoms with Crippen LogP contribution >= 0.6 is 0 Å². The monoisotopic (exact) mass is 809 g/mol. The molecule has 9 N–H and O–H groups in total. The molecule has 58 heavy (non-hydrogen) atoms. The van der Waals surface area contributed by atoms with E-state index >= 15 is 0 Å². The highest BCUT2D eigenvalue weighted by molar-refractivity contribution is 5.87. The van der Waals surface area contributed by atoms with Crippen molar-refractivity contribution in [1.29, 1.82) is 0 Å². The van der Waals surface area contributed by atoms with Crippen LogP contribution in [-0.2, 0) is 59.5 Å². The molecule has 19 heteroatoms. The molecule has 3 saturated heterocycles. The number of nitrogens with one attached hydrogen (secondary N) is 3. The van der Waals surface area contributed by atoms with Gasteiger partial charge in [0.15, 0.2) is 0 Å². The van der Waals surface area contributed by atoms with Crippen LogP contribution in [0.2, 0.25) is 0 Å². The molecule has 7 amide bonds. The van der Waals surface area contributed by atoms with Gasteiger partial charge >= 0.3 is 6.03 Å². The van der Waals surface area contributed by atoms with Crippen molar-refractivity contribution < 1.29 is 48.5 Å². The van der Waals surface area contributed by atoms with E-state index in [4.69, 9.17) is 20.9 Å². The summed E-state index contributed by atoms with van der Waals surface area (Å²) < 4.78 is 10.4. The minimum atomic E-state index is -2.53. The van der Waals surface area contributed by atoms with Crippen molar-refractivity contribution in [3.05, 3.63) is 70.8 Å². The predicted molar refractivity (Wildman–Crippen MR) is 208 cm³/mol. The van der Waals surface area contributed by atoms with Crippen LogP contribution in [0.5, 0.6) is 0 Å². The molecule has 316 valence electrons. The Morgan fingerprint density at radius 2 is 0.897 bits per heavy atom. The summed E-state index contributed by atoms with van der Waals surface area (Å²) in [6.07, 6.45) is 0.808. The number of aryl methyl sites for hydroxylation is 1. The Morgan fingerprint density at radius 1 is 0.534 bits per heavy atom. The first-order chi connectivity index (χ1) is 27.8. The minimum absolute atomic E-state index is 0.0112. The number of ether oxygens (including phenoxy) is 2. The van der Waals surface area contributed by atoms with Crippen molar-refractivity contribution in [2.75, 3.05) is 78.7 Å². The van der Waals surface area contributed by atoms with E-state index in [0.717, 1.165) is 22.3 Å². The Balaban J connectivity index is 0.924. The first kappa shape index (κ1) is 43.9. The highest BCUT2D eigenvalue weighted by Gasteiger charge is 2.51. The summed E-state index contributed by atoms with van der Waals surface area (Å²) in [5, 5.41) is 29.1. The number of rotatable bonds is 15. The van der Waals surface area contributed by atoms with Crippen molar-refractivity contribution in [2.45, 2.75) is 56.9 Å². The van der Waals surface area contributed by atoms with Gasteiger partial charge in [-0.2, -0.15) is 0 Å². The van der Waals surface area contributed by atoms with E-state index in [1.54, 1.807) is 19.6 Å². The average Bonchev–Trinajstić information content (AvgIpc) is 3.26. The second-order valence-electron chi connectivity index (χ2n) is 14.5. The van der Waals surface area contributed by atoms with Gasteiger partial charge in [-0.15, -0.1) is 0 Å². The van der Waals surface area contributed by atoms with Crippen LogP contribution in [0.1, 0.15) is 41.5 Å². The van der Waals surface area contributed by atoms with Gasteiger partial charge in [0, 0.05) is 104 Å². The van der Waals surface area contributed by atoms with Gasteiger partial charge in [-0.25, -0.2) is 4.79 Å². The average molecular weight is 810 g/mol. The van der Waals surface area contributed by atoms with E-state index in [2.05, 4.69) is 16.0 Å². The van der Waals surface area contributed by atoms with Gasteiger partial charge in [0.05, 0.1) is 0 Å². The first-order valence-corrected chi connectivity index (χ1v) is 19.5. The van der Waals surface area contributed by atoms with Crippen LogP contribution in [0.25, 0.3) is 0 Å². The van der Waals surface area contributed by atoms with Gasteiger partial charge in [0.25, 0.3) is 23.4 Å². The molecule has 5 rings (SSSR count). The van der Waals surface area contributed by atoms with E-state index in [-0.39, 0.29) is 49.7 Å². The lowest BCUT2D eigenvalue weighted by atomic mass is 10.1. The van der Waals surface area contributed by atoms with Gasteiger partial charge in [-0.1, -0.05) is 48.5 Å². The first-order valence-electron chi connectivity index (χ1n) is 19.5. The third-order valence-corrected chi connectivity index (χ3v) is 10.5. The molecule has 0 aromatic heterocycles. The fourth-order valence-corrected chi connectivity index (χ4v) is 6.64. The molecule has 0 unspecified atom stereocenters. The molecule has 2 aromatic rings. The largest absolute Gasteiger partial charge is 0.356 e. The maximum atomic E-state index is 12.8. The van der Waals surface area contributed by atoms with E-state index in [0.29, 0.717) is 84.8 Å². The molecule has 19 nitrogen and oxygen atoms in total. The molecule has 0 spiro atoms. The quantitative estimate of drug-likeness (QED) is 0.100. The van der Waals surface area contributed by atoms with Crippen LogP contribution in [0, 0.1) is 0 Å². The van der Waals surface area contributed by atoms with Crippen molar-refractivity contribution >= 4 is 35.6 Å². The van der Waals surface area contributed by atoms with Gasteiger partial charge < -0.3 is 66.7 Å². The maximum absolute atomic E-state index is 12.8. The van der Waals surface area contributed by atoms with Crippen LogP contribution in [0.4, 0.5) is 4.79 Å². The lowest BCUT2D eigenvalue weighted by Gasteiger charge is -2.38. The molecular weight excluding hydrogens is 754 g/mol. The summed E-state index contributed by atoms with van der Waals surface area (Å²) in [4.78, 5) is 82.9. The van der Waals surface area contributed by atoms with Gasteiger partial charge in [0.1, 0.15) is 13.2 Å². The predicted octanol–water partition coefficient (Wildman–Crippen LogP) is -2.30. The van der Waals surface area contributed by atoms with Crippen LogP contribution in [0.15, 0.2) is 48.5 Å². The molecule has 3 aliphatic rings. The van der Waals surface area contributed by atoms with E-state index in [9.17, 15) is 39.0 Å². The zero-order chi connectivity index (χ0) is 41.7. The molecule has 3 aliphatic heterocycles. The van der Waals surface area contributed by atoms with Crippen molar-refractivity contribution in [3.63, 3.8) is 0 Å². The number of nitrogens with zero attached hydrogens (tertiary/aromatic N) is 4. The highest BCUT2D eigenvalue weighted by atomic mass is 16.7. The second-order valence-corrected chi connectivity index (χ2v) is 14.5. The van der Waals surface area contributed by atoms with E-state index < -0.39 is 36.6 Å². The number of hydrogen-bond acceptors (Lipinski definition) is 12. The molecule has 0 saturated carbocycles. The molecule has 2 aromatic carbocycles.